The first-order chi connectivity index (χ1) is 16.1. The molecule has 0 unspecified atom stereocenters. The number of anilines is 1. The van der Waals surface area contributed by atoms with E-state index in [0.717, 1.165) is 9.87 Å². The molecule has 9 nitrogen and oxygen atoms in total. The molecule has 12 heteroatoms. The van der Waals surface area contributed by atoms with Crippen LogP contribution in [0, 0.1) is 0 Å². The third-order valence-electron chi connectivity index (χ3n) is 4.84. The Balaban J connectivity index is 1.52. The monoisotopic (exact) mass is 517 g/mol. The van der Waals surface area contributed by atoms with Gasteiger partial charge in [-0.1, -0.05) is 42.1 Å². The highest BCUT2D eigenvalue weighted by Crippen LogP contribution is 2.28. The lowest BCUT2D eigenvalue weighted by molar-refractivity contribution is -0.115. The zero-order valence-electron chi connectivity index (χ0n) is 17.7. The molecule has 0 fully saturated rings. The van der Waals surface area contributed by atoms with Crippen molar-refractivity contribution in [1.82, 2.24) is 9.97 Å². The minimum absolute atomic E-state index is 0.0203. The Kier molecular flexibility index (Phi) is 6.49. The summed E-state index contributed by atoms with van der Waals surface area (Å²) < 4.78 is 58.5. The predicted molar refractivity (Wildman–Crippen MR) is 129 cm³/mol. The van der Waals surface area contributed by atoms with Gasteiger partial charge < -0.3 is 4.98 Å². The van der Waals surface area contributed by atoms with Crippen molar-refractivity contribution in [2.75, 3.05) is 4.31 Å². The number of aromatic amines is 1. The van der Waals surface area contributed by atoms with Gasteiger partial charge in [0.05, 0.1) is 26.5 Å². The van der Waals surface area contributed by atoms with E-state index in [0.29, 0.717) is 21.9 Å². The minimum atomic E-state index is -4.31. The number of thioether (sulfide) groups is 1. The smallest absolute Gasteiger partial charge is 0.294 e. The lowest BCUT2D eigenvalue weighted by Gasteiger charge is -2.21. The Morgan fingerprint density at radius 1 is 0.971 bits per heavy atom. The van der Waals surface area contributed by atoms with Crippen LogP contribution in [0.25, 0.3) is 11.0 Å². The van der Waals surface area contributed by atoms with Crippen molar-refractivity contribution in [2.24, 2.45) is 0 Å². The second-order valence-corrected chi connectivity index (χ2v) is 11.4. The standard InChI is InChI=1S/C22H19N3O6S3/c1-15(26)25(33(27,28)18-5-3-2-4-6-18)17-9-7-16(8-10-17)14-32-22-23-20-12-11-19(34(29,30)31)13-21(20)24-22/h2-13H,14H2,1H3,(H,23,24)(H,29,30,31). The van der Waals surface area contributed by atoms with Gasteiger partial charge in [0, 0.05) is 12.7 Å². The number of H-pyrrole nitrogens is 1. The largest absolute Gasteiger partial charge is 0.333 e. The van der Waals surface area contributed by atoms with Gasteiger partial charge in [-0.05, 0) is 48.0 Å². The molecule has 1 amide bonds. The van der Waals surface area contributed by atoms with E-state index in [4.69, 9.17) is 0 Å². The lowest BCUT2D eigenvalue weighted by Crippen LogP contribution is -2.35. The van der Waals surface area contributed by atoms with Crippen molar-refractivity contribution in [3.63, 3.8) is 0 Å². The van der Waals surface area contributed by atoms with Crippen molar-refractivity contribution in [2.45, 2.75) is 27.6 Å². The quantitative estimate of drug-likeness (QED) is 0.279. The van der Waals surface area contributed by atoms with Gasteiger partial charge in [-0.15, -0.1) is 0 Å². The number of rotatable bonds is 7. The second-order valence-electron chi connectivity index (χ2n) is 7.25. The van der Waals surface area contributed by atoms with Crippen LogP contribution >= 0.6 is 11.8 Å². The summed E-state index contributed by atoms with van der Waals surface area (Å²) in [6.07, 6.45) is 0. The van der Waals surface area contributed by atoms with Crippen LogP contribution < -0.4 is 4.31 Å². The fourth-order valence-electron chi connectivity index (χ4n) is 3.26. The number of carbonyl (C=O) groups excluding carboxylic acids is 1. The molecule has 3 aromatic carbocycles. The molecule has 4 rings (SSSR count). The van der Waals surface area contributed by atoms with E-state index < -0.39 is 26.0 Å². The van der Waals surface area contributed by atoms with E-state index >= 15 is 0 Å². The average Bonchev–Trinajstić information content (AvgIpc) is 3.20. The SMILES string of the molecule is CC(=O)N(c1ccc(CSc2nc3ccc(S(=O)(=O)O)cc3[nH]2)cc1)S(=O)(=O)c1ccccc1. The zero-order valence-corrected chi connectivity index (χ0v) is 20.2. The molecule has 0 aliphatic carbocycles. The summed E-state index contributed by atoms with van der Waals surface area (Å²) in [4.78, 5) is 19.4. The number of hydrogen-bond acceptors (Lipinski definition) is 7. The van der Waals surface area contributed by atoms with Crippen LogP contribution in [0.3, 0.4) is 0 Å². The van der Waals surface area contributed by atoms with Crippen molar-refractivity contribution < 1.29 is 26.2 Å². The summed E-state index contributed by atoms with van der Waals surface area (Å²) in [5.74, 6) is -0.144. The molecule has 0 saturated heterocycles. The van der Waals surface area contributed by atoms with Crippen LogP contribution in [-0.2, 0) is 30.7 Å². The molecule has 1 aromatic heterocycles. The Bertz CT molecular complexity index is 1570. The van der Waals surface area contributed by atoms with Gasteiger partial charge in [-0.3, -0.25) is 9.35 Å². The molecular formula is C22H19N3O6S3. The number of carbonyl (C=O) groups is 1. The highest BCUT2D eigenvalue weighted by molar-refractivity contribution is 7.98. The van der Waals surface area contributed by atoms with Crippen LogP contribution in [0.1, 0.15) is 12.5 Å². The van der Waals surface area contributed by atoms with E-state index in [1.807, 2.05) is 0 Å². The Morgan fingerprint density at radius 2 is 1.65 bits per heavy atom. The fourth-order valence-corrected chi connectivity index (χ4v) is 6.06. The Hall–Kier alpha value is -3.19. The summed E-state index contributed by atoms with van der Waals surface area (Å²) in [5, 5.41) is 0.545. The molecule has 34 heavy (non-hydrogen) atoms. The molecule has 0 bridgehead atoms. The molecule has 0 saturated carbocycles. The van der Waals surface area contributed by atoms with E-state index in [2.05, 4.69) is 9.97 Å². The maximum Gasteiger partial charge on any atom is 0.294 e. The zero-order chi connectivity index (χ0) is 24.5. The van der Waals surface area contributed by atoms with Crippen LogP contribution in [0.4, 0.5) is 5.69 Å². The topological polar surface area (TPSA) is 138 Å². The minimum Gasteiger partial charge on any atom is -0.333 e. The predicted octanol–water partition coefficient (Wildman–Crippen LogP) is 3.84. The van der Waals surface area contributed by atoms with Gasteiger partial charge in [-0.2, -0.15) is 8.42 Å². The van der Waals surface area contributed by atoms with Crippen molar-refractivity contribution >= 4 is 54.5 Å². The van der Waals surface area contributed by atoms with E-state index in [9.17, 15) is 26.2 Å². The van der Waals surface area contributed by atoms with Gasteiger partial charge in [-0.25, -0.2) is 17.7 Å². The Morgan fingerprint density at radius 3 is 2.26 bits per heavy atom. The molecule has 0 spiro atoms. The number of nitrogens with zero attached hydrogens (tertiary/aromatic N) is 2. The molecule has 0 radical (unpaired) electrons. The number of hydrogen-bond donors (Lipinski definition) is 2. The molecule has 0 aliphatic heterocycles. The summed E-state index contributed by atoms with van der Waals surface area (Å²) in [5.41, 5.74) is 2.10. The van der Waals surface area contributed by atoms with Crippen LogP contribution in [-0.4, -0.2) is 37.3 Å². The summed E-state index contributed by atoms with van der Waals surface area (Å²) in [6, 6.07) is 18.4. The average molecular weight is 518 g/mol. The summed E-state index contributed by atoms with van der Waals surface area (Å²) >= 11 is 1.36. The normalized spacial score (nSPS) is 12.1. The molecule has 176 valence electrons. The lowest BCUT2D eigenvalue weighted by atomic mass is 10.2. The number of aromatic nitrogens is 2. The van der Waals surface area contributed by atoms with Gasteiger partial charge in [0.2, 0.25) is 5.91 Å². The molecule has 0 aliphatic rings. The van der Waals surface area contributed by atoms with Gasteiger partial charge in [0.15, 0.2) is 5.16 Å². The number of nitrogens with one attached hydrogen (secondary N) is 1. The molecule has 4 aromatic rings. The number of amides is 1. The molecule has 1 heterocycles. The van der Waals surface area contributed by atoms with Crippen LogP contribution in [0.5, 0.6) is 0 Å². The molecular weight excluding hydrogens is 498 g/mol. The number of imidazole rings is 1. The van der Waals surface area contributed by atoms with Crippen molar-refractivity contribution in [3.8, 4) is 0 Å². The number of sulfonamides is 1. The van der Waals surface area contributed by atoms with Gasteiger partial charge in [0.1, 0.15) is 0 Å². The van der Waals surface area contributed by atoms with Gasteiger partial charge >= 0.3 is 0 Å². The third-order valence-corrected chi connectivity index (χ3v) is 8.45. The highest BCUT2D eigenvalue weighted by atomic mass is 32.2. The van der Waals surface area contributed by atoms with E-state index in [1.165, 1.54) is 49.0 Å². The first-order valence-corrected chi connectivity index (χ1v) is 13.7. The van der Waals surface area contributed by atoms with E-state index in [-0.39, 0.29) is 15.5 Å². The molecule has 0 atom stereocenters. The Labute approximate surface area is 200 Å². The van der Waals surface area contributed by atoms with Gasteiger partial charge in [0.25, 0.3) is 20.1 Å². The van der Waals surface area contributed by atoms with Crippen LogP contribution in [0.15, 0.2) is 87.7 Å². The van der Waals surface area contributed by atoms with Crippen LogP contribution in [0.2, 0.25) is 0 Å². The van der Waals surface area contributed by atoms with Crippen molar-refractivity contribution in [1.29, 1.82) is 0 Å². The summed E-state index contributed by atoms with van der Waals surface area (Å²) in [6.45, 7) is 1.19. The van der Waals surface area contributed by atoms with Crippen molar-refractivity contribution in [3.05, 3.63) is 78.4 Å². The van der Waals surface area contributed by atoms with E-state index in [1.54, 1.807) is 42.5 Å². The first kappa shape index (κ1) is 24.0. The number of fused-ring (bicyclic) bond motifs is 1. The first-order valence-electron chi connectivity index (χ1n) is 9.86. The third kappa shape index (κ3) is 4.99. The summed E-state index contributed by atoms with van der Waals surface area (Å²) in [7, 11) is -8.36. The maximum absolute atomic E-state index is 13.0. The maximum atomic E-state index is 13.0. The number of benzene rings is 3. The molecule has 2 N–H and O–H groups in total. The second kappa shape index (κ2) is 9.22. The fraction of sp³-hybridized carbons (Fsp3) is 0.0909. The highest BCUT2D eigenvalue weighted by Gasteiger charge is 2.28.